The number of nitrogens with zero attached hydrogens (tertiary/aromatic N) is 5. The summed E-state index contributed by atoms with van der Waals surface area (Å²) in [5, 5.41) is 4.20. The molecular weight excluding hydrogens is 306 g/mol. The van der Waals surface area contributed by atoms with Crippen molar-refractivity contribution in [2.24, 2.45) is 0 Å². The predicted molar refractivity (Wildman–Crippen MR) is 88.4 cm³/mol. The number of morpholine rings is 1. The van der Waals surface area contributed by atoms with Crippen LogP contribution in [0.2, 0.25) is 0 Å². The van der Waals surface area contributed by atoms with Gasteiger partial charge in [0, 0.05) is 25.1 Å². The number of rotatable bonds is 5. The number of aromatic nitrogens is 4. The molecule has 1 unspecified atom stereocenters. The number of amides is 1. The van der Waals surface area contributed by atoms with Crippen molar-refractivity contribution < 1.29 is 9.53 Å². The zero-order valence-corrected chi connectivity index (χ0v) is 14.2. The van der Waals surface area contributed by atoms with Crippen molar-refractivity contribution in [1.29, 1.82) is 0 Å². The highest BCUT2D eigenvalue weighted by atomic mass is 16.5. The lowest BCUT2D eigenvalue weighted by Gasteiger charge is -2.35. The fourth-order valence-electron chi connectivity index (χ4n) is 2.99. The lowest BCUT2D eigenvalue weighted by atomic mass is 10.1. The number of carbonyl (C=O) groups excluding carboxylic acids is 1. The molecule has 2 aromatic rings. The largest absolute Gasteiger partial charge is 0.377 e. The molecule has 0 saturated carbocycles. The maximum absolute atomic E-state index is 12.6. The molecule has 0 aliphatic carbocycles. The van der Waals surface area contributed by atoms with E-state index in [1.54, 1.807) is 23.3 Å². The summed E-state index contributed by atoms with van der Waals surface area (Å²) >= 11 is 0. The van der Waals surface area contributed by atoms with E-state index in [-0.39, 0.29) is 18.5 Å². The quantitative estimate of drug-likeness (QED) is 0.823. The van der Waals surface area contributed by atoms with Gasteiger partial charge in [0.25, 0.3) is 0 Å². The average Bonchev–Trinajstić information content (AvgIpc) is 2.99. The third-order valence-electron chi connectivity index (χ3n) is 4.30. The molecule has 1 fully saturated rings. The average molecular weight is 329 g/mol. The first-order chi connectivity index (χ1) is 11.6. The highest BCUT2D eigenvalue weighted by Gasteiger charge is 2.27. The maximum atomic E-state index is 12.6. The normalized spacial score (nSPS) is 17.9. The Hall–Kier alpha value is -2.28. The molecule has 3 rings (SSSR count). The molecular formula is C17H23N5O2. The van der Waals surface area contributed by atoms with Gasteiger partial charge in [0.05, 0.1) is 36.8 Å². The van der Waals surface area contributed by atoms with E-state index in [0.717, 1.165) is 29.8 Å². The number of hydrogen-bond acceptors (Lipinski definition) is 5. The summed E-state index contributed by atoms with van der Waals surface area (Å²) < 4.78 is 7.27. The van der Waals surface area contributed by atoms with Crippen LogP contribution in [0, 0.1) is 13.8 Å². The predicted octanol–water partition coefficient (Wildman–Crippen LogP) is 1.15. The first-order valence-corrected chi connectivity index (χ1v) is 8.26. The Labute approximate surface area is 141 Å². The summed E-state index contributed by atoms with van der Waals surface area (Å²) in [4.78, 5) is 23.2. The summed E-state index contributed by atoms with van der Waals surface area (Å²) in [7, 11) is 0. The van der Waals surface area contributed by atoms with E-state index in [4.69, 9.17) is 4.74 Å². The summed E-state index contributed by atoms with van der Waals surface area (Å²) in [6.07, 6.45) is 8.67. The van der Waals surface area contributed by atoms with Crippen molar-refractivity contribution in [2.75, 3.05) is 19.8 Å². The third-order valence-corrected chi connectivity index (χ3v) is 4.30. The molecule has 24 heavy (non-hydrogen) atoms. The van der Waals surface area contributed by atoms with Gasteiger partial charge in [0.2, 0.25) is 5.91 Å². The molecule has 128 valence electrons. The van der Waals surface area contributed by atoms with E-state index in [0.29, 0.717) is 19.8 Å². The van der Waals surface area contributed by atoms with E-state index in [1.165, 1.54) is 0 Å². The van der Waals surface area contributed by atoms with Crippen LogP contribution in [0.1, 0.15) is 23.4 Å². The summed E-state index contributed by atoms with van der Waals surface area (Å²) in [5.41, 5.74) is 2.98. The Morgan fingerprint density at radius 3 is 2.92 bits per heavy atom. The monoisotopic (exact) mass is 329 g/mol. The first kappa shape index (κ1) is 16.6. The van der Waals surface area contributed by atoms with Crippen molar-refractivity contribution in [3.05, 3.63) is 41.7 Å². The van der Waals surface area contributed by atoms with Crippen LogP contribution in [-0.4, -0.2) is 56.4 Å². The minimum Gasteiger partial charge on any atom is -0.377 e. The van der Waals surface area contributed by atoms with Crippen LogP contribution in [-0.2, 0) is 22.5 Å². The Morgan fingerprint density at radius 2 is 2.17 bits per heavy atom. The molecule has 7 heteroatoms. The van der Waals surface area contributed by atoms with E-state index < -0.39 is 0 Å². The molecule has 1 amide bonds. The van der Waals surface area contributed by atoms with Gasteiger partial charge in [0.15, 0.2) is 0 Å². The zero-order chi connectivity index (χ0) is 16.9. The van der Waals surface area contributed by atoms with Gasteiger partial charge in [-0.25, -0.2) is 0 Å². The molecule has 0 bridgehead atoms. The van der Waals surface area contributed by atoms with Crippen molar-refractivity contribution in [3.8, 4) is 0 Å². The van der Waals surface area contributed by atoms with Gasteiger partial charge in [-0.2, -0.15) is 5.10 Å². The van der Waals surface area contributed by atoms with Crippen LogP contribution in [0.3, 0.4) is 0 Å². The molecule has 1 atom stereocenters. The Kier molecular flexibility index (Phi) is 5.20. The summed E-state index contributed by atoms with van der Waals surface area (Å²) in [6.45, 7) is 5.99. The van der Waals surface area contributed by atoms with Gasteiger partial charge in [0.1, 0.15) is 6.54 Å². The van der Waals surface area contributed by atoms with Crippen LogP contribution in [0.15, 0.2) is 24.8 Å². The standard InChI is InChI=1S/C17H23N5O2/c1-13-9-20-21(10-13)11-17(23)22-7-8-24-12-15(22)3-4-16-14(2)18-5-6-19-16/h5-6,9-10,15H,3-4,7-8,11-12H2,1-2H3. The second-order valence-electron chi connectivity index (χ2n) is 6.16. The summed E-state index contributed by atoms with van der Waals surface area (Å²) in [5.74, 6) is 0.0854. The Morgan fingerprint density at radius 1 is 1.33 bits per heavy atom. The van der Waals surface area contributed by atoms with E-state index in [9.17, 15) is 4.79 Å². The number of aryl methyl sites for hydroxylation is 3. The molecule has 0 aromatic carbocycles. The van der Waals surface area contributed by atoms with Gasteiger partial charge >= 0.3 is 0 Å². The second kappa shape index (κ2) is 7.53. The van der Waals surface area contributed by atoms with Gasteiger partial charge < -0.3 is 9.64 Å². The fraction of sp³-hybridized carbons (Fsp3) is 0.529. The Balaban J connectivity index is 1.62. The van der Waals surface area contributed by atoms with E-state index >= 15 is 0 Å². The van der Waals surface area contributed by atoms with Crippen LogP contribution in [0.4, 0.5) is 0 Å². The molecule has 1 aliphatic heterocycles. The summed E-state index contributed by atoms with van der Waals surface area (Å²) in [6, 6.07) is 0.0734. The first-order valence-electron chi connectivity index (χ1n) is 8.26. The fourth-order valence-corrected chi connectivity index (χ4v) is 2.99. The van der Waals surface area contributed by atoms with Crippen molar-refractivity contribution in [2.45, 2.75) is 39.3 Å². The van der Waals surface area contributed by atoms with Crippen LogP contribution in [0.5, 0.6) is 0 Å². The third kappa shape index (κ3) is 3.97. The van der Waals surface area contributed by atoms with Gasteiger partial charge in [-0.3, -0.25) is 19.4 Å². The molecule has 7 nitrogen and oxygen atoms in total. The SMILES string of the molecule is Cc1cnn(CC(=O)N2CCOCC2CCc2nccnc2C)c1. The lowest BCUT2D eigenvalue weighted by molar-refractivity contribution is -0.141. The lowest BCUT2D eigenvalue weighted by Crippen LogP contribution is -2.50. The number of carbonyl (C=O) groups is 1. The number of hydrogen-bond donors (Lipinski definition) is 0. The molecule has 3 heterocycles. The smallest absolute Gasteiger partial charge is 0.244 e. The van der Waals surface area contributed by atoms with E-state index in [1.807, 2.05) is 24.9 Å². The molecule has 1 aliphatic rings. The highest BCUT2D eigenvalue weighted by molar-refractivity contribution is 5.76. The molecule has 0 N–H and O–H groups in total. The second-order valence-corrected chi connectivity index (χ2v) is 6.16. The van der Waals surface area contributed by atoms with E-state index in [2.05, 4.69) is 15.1 Å². The minimum absolute atomic E-state index is 0.0734. The van der Waals surface area contributed by atoms with Crippen LogP contribution >= 0.6 is 0 Å². The zero-order valence-electron chi connectivity index (χ0n) is 14.2. The van der Waals surface area contributed by atoms with Gasteiger partial charge in [-0.15, -0.1) is 0 Å². The minimum atomic E-state index is 0.0734. The van der Waals surface area contributed by atoms with Crippen LogP contribution < -0.4 is 0 Å². The van der Waals surface area contributed by atoms with Crippen molar-refractivity contribution in [1.82, 2.24) is 24.6 Å². The van der Waals surface area contributed by atoms with Gasteiger partial charge in [-0.05, 0) is 32.3 Å². The molecule has 0 spiro atoms. The van der Waals surface area contributed by atoms with Crippen molar-refractivity contribution in [3.63, 3.8) is 0 Å². The Bertz CT molecular complexity index is 700. The van der Waals surface area contributed by atoms with Crippen LogP contribution in [0.25, 0.3) is 0 Å². The highest BCUT2D eigenvalue weighted by Crippen LogP contribution is 2.15. The molecule has 2 aromatic heterocycles. The van der Waals surface area contributed by atoms with Gasteiger partial charge in [-0.1, -0.05) is 0 Å². The maximum Gasteiger partial charge on any atom is 0.244 e. The molecule has 1 saturated heterocycles. The number of ether oxygens (including phenoxy) is 1. The topological polar surface area (TPSA) is 73.1 Å². The molecule has 0 radical (unpaired) electrons. The van der Waals surface area contributed by atoms with Crippen molar-refractivity contribution >= 4 is 5.91 Å².